The average Bonchev–Trinajstić information content (AvgIpc) is 3.18. The van der Waals surface area contributed by atoms with Gasteiger partial charge in [0.05, 0.1) is 4.90 Å². The predicted octanol–water partition coefficient (Wildman–Crippen LogP) is 2.31. The molecule has 0 radical (unpaired) electrons. The highest BCUT2D eigenvalue weighted by molar-refractivity contribution is 7.89. The molecule has 3 rings (SSSR count). The van der Waals surface area contributed by atoms with E-state index in [1.54, 1.807) is 6.07 Å². The Balaban J connectivity index is 1.68. The number of nitrogens with one attached hydrogen (secondary N) is 1. The van der Waals surface area contributed by atoms with Gasteiger partial charge in [-0.1, -0.05) is 26.2 Å². The molecule has 0 spiro atoms. The quantitative estimate of drug-likeness (QED) is 0.682. The summed E-state index contributed by atoms with van der Waals surface area (Å²) in [5, 5.41) is 2.90. The second-order valence-corrected chi connectivity index (χ2v) is 8.82. The first-order chi connectivity index (χ1) is 13.0. The molecular weight excluding hydrogens is 368 g/mol. The van der Waals surface area contributed by atoms with Crippen LogP contribution in [-0.4, -0.2) is 51.0 Å². The first kappa shape index (κ1) is 19.9. The van der Waals surface area contributed by atoms with E-state index in [-0.39, 0.29) is 10.8 Å². The molecule has 2 heterocycles. The highest BCUT2D eigenvalue weighted by Crippen LogP contribution is 2.34. The number of fused-ring (bicyclic) bond motifs is 1. The predicted molar refractivity (Wildman–Crippen MR) is 101 cm³/mol. The van der Waals surface area contributed by atoms with E-state index in [2.05, 4.69) is 12.2 Å². The molecular formula is C19H28N2O5S. The molecule has 1 aromatic carbocycles. The summed E-state index contributed by atoms with van der Waals surface area (Å²) in [6, 6.07) is 3.97. The maximum Gasteiger partial charge on any atom is 0.243 e. The molecule has 27 heavy (non-hydrogen) atoms. The van der Waals surface area contributed by atoms with Crippen LogP contribution in [0.1, 0.15) is 45.4 Å². The summed E-state index contributed by atoms with van der Waals surface area (Å²) in [6.07, 6.45) is 5.49. The molecule has 2 aliphatic rings. The van der Waals surface area contributed by atoms with Crippen molar-refractivity contribution in [2.24, 2.45) is 0 Å². The Labute approximate surface area is 161 Å². The van der Waals surface area contributed by atoms with Gasteiger partial charge in [0, 0.05) is 19.2 Å². The van der Waals surface area contributed by atoms with Gasteiger partial charge >= 0.3 is 0 Å². The van der Waals surface area contributed by atoms with Crippen LogP contribution in [0.2, 0.25) is 0 Å². The number of hydrogen-bond donors (Lipinski definition) is 1. The number of amides is 1. The number of rotatable bonds is 8. The third-order valence-electron chi connectivity index (χ3n) is 4.96. The van der Waals surface area contributed by atoms with Gasteiger partial charge in [0.25, 0.3) is 0 Å². The fourth-order valence-corrected chi connectivity index (χ4v) is 5.16. The van der Waals surface area contributed by atoms with Gasteiger partial charge in [-0.15, -0.1) is 0 Å². The molecule has 0 aromatic heterocycles. The number of ether oxygens (including phenoxy) is 2. The Morgan fingerprint density at radius 2 is 1.96 bits per heavy atom. The zero-order chi connectivity index (χ0) is 19.3. The van der Waals surface area contributed by atoms with Crippen molar-refractivity contribution in [2.45, 2.75) is 56.4 Å². The second kappa shape index (κ2) is 8.93. The largest absolute Gasteiger partial charge is 0.486 e. The van der Waals surface area contributed by atoms with E-state index in [1.165, 1.54) is 16.4 Å². The number of benzene rings is 1. The van der Waals surface area contributed by atoms with Gasteiger partial charge < -0.3 is 14.8 Å². The number of carbonyl (C=O) groups excluding carboxylic acids is 1. The molecule has 1 N–H and O–H groups in total. The molecule has 0 saturated carbocycles. The highest BCUT2D eigenvalue weighted by atomic mass is 32.2. The van der Waals surface area contributed by atoms with Crippen LogP contribution in [0.4, 0.5) is 0 Å². The molecule has 0 aliphatic carbocycles. The van der Waals surface area contributed by atoms with E-state index in [1.807, 2.05) is 0 Å². The number of hydrogen-bond acceptors (Lipinski definition) is 5. The Morgan fingerprint density at radius 3 is 2.74 bits per heavy atom. The lowest BCUT2D eigenvalue weighted by molar-refractivity contribution is -0.124. The van der Waals surface area contributed by atoms with Crippen LogP contribution in [0.25, 0.3) is 0 Å². The van der Waals surface area contributed by atoms with E-state index in [9.17, 15) is 13.2 Å². The standard InChI is InChI=1S/C19H28N2O5S/c1-2-3-4-5-10-20-19(22)16-7-6-11-21(16)27(23,24)15-8-9-17-18(14-15)26-13-12-25-17/h8-9,14,16H,2-7,10-13H2,1H3,(H,20,22)/t16-/m0/s1. The van der Waals surface area contributed by atoms with Gasteiger partial charge in [-0.2, -0.15) is 4.31 Å². The summed E-state index contributed by atoms with van der Waals surface area (Å²) in [5.41, 5.74) is 0. The van der Waals surface area contributed by atoms with Crippen LogP contribution >= 0.6 is 0 Å². The van der Waals surface area contributed by atoms with Crippen molar-refractivity contribution in [3.63, 3.8) is 0 Å². The number of unbranched alkanes of at least 4 members (excludes halogenated alkanes) is 3. The minimum absolute atomic E-state index is 0.134. The van der Waals surface area contributed by atoms with Gasteiger partial charge in [0.1, 0.15) is 19.3 Å². The number of carbonyl (C=O) groups is 1. The molecule has 150 valence electrons. The maximum absolute atomic E-state index is 13.1. The summed E-state index contributed by atoms with van der Waals surface area (Å²) in [4.78, 5) is 12.7. The third-order valence-corrected chi connectivity index (χ3v) is 6.86. The van der Waals surface area contributed by atoms with Crippen LogP contribution in [0, 0.1) is 0 Å². The normalized spacial score (nSPS) is 19.8. The lowest BCUT2D eigenvalue weighted by Gasteiger charge is -2.24. The molecule has 7 nitrogen and oxygen atoms in total. The summed E-state index contributed by atoms with van der Waals surface area (Å²) < 4.78 is 38.5. The van der Waals surface area contributed by atoms with Crippen LogP contribution in [0.3, 0.4) is 0 Å². The van der Waals surface area contributed by atoms with Gasteiger partial charge in [0.15, 0.2) is 11.5 Å². The molecule has 1 aromatic rings. The maximum atomic E-state index is 13.1. The van der Waals surface area contributed by atoms with Crippen molar-refractivity contribution in [2.75, 3.05) is 26.3 Å². The molecule has 8 heteroatoms. The molecule has 1 amide bonds. The van der Waals surface area contributed by atoms with E-state index in [0.29, 0.717) is 50.6 Å². The van der Waals surface area contributed by atoms with Crippen LogP contribution in [-0.2, 0) is 14.8 Å². The van der Waals surface area contributed by atoms with E-state index in [0.717, 1.165) is 25.7 Å². The molecule has 0 unspecified atom stereocenters. The second-order valence-electron chi connectivity index (χ2n) is 6.93. The lowest BCUT2D eigenvalue weighted by atomic mass is 10.2. The van der Waals surface area contributed by atoms with Crippen molar-refractivity contribution in [1.82, 2.24) is 9.62 Å². The summed E-state index contributed by atoms with van der Waals surface area (Å²) in [7, 11) is -3.77. The third kappa shape index (κ3) is 4.55. The van der Waals surface area contributed by atoms with Gasteiger partial charge in [-0.25, -0.2) is 8.42 Å². The zero-order valence-electron chi connectivity index (χ0n) is 15.8. The monoisotopic (exact) mass is 396 g/mol. The van der Waals surface area contributed by atoms with Gasteiger partial charge in [-0.05, 0) is 31.4 Å². The summed E-state index contributed by atoms with van der Waals surface area (Å²) in [5.74, 6) is 0.770. The minimum Gasteiger partial charge on any atom is -0.486 e. The van der Waals surface area contributed by atoms with Crippen molar-refractivity contribution >= 4 is 15.9 Å². The van der Waals surface area contributed by atoms with Crippen LogP contribution < -0.4 is 14.8 Å². The first-order valence-electron chi connectivity index (χ1n) is 9.73. The zero-order valence-corrected chi connectivity index (χ0v) is 16.6. The fourth-order valence-electron chi connectivity index (χ4n) is 3.49. The molecule has 1 saturated heterocycles. The lowest BCUT2D eigenvalue weighted by Crippen LogP contribution is -2.46. The number of sulfonamides is 1. The first-order valence-corrected chi connectivity index (χ1v) is 11.2. The van der Waals surface area contributed by atoms with Crippen LogP contribution in [0.5, 0.6) is 11.5 Å². The van der Waals surface area contributed by atoms with E-state index < -0.39 is 16.1 Å². The van der Waals surface area contributed by atoms with Gasteiger partial charge in [0.2, 0.25) is 15.9 Å². The van der Waals surface area contributed by atoms with E-state index in [4.69, 9.17) is 9.47 Å². The van der Waals surface area contributed by atoms with Crippen molar-refractivity contribution in [3.05, 3.63) is 18.2 Å². The van der Waals surface area contributed by atoms with Crippen molar-refractivity contribution < 1.29 is 22.7 Å². The Morgan fingerprint density at radius 1 is 1.19 bits per heavy atom. The summed E-state index contributed by atoms with van der Waals surface area (Å²) in [6.45, 7) is 3.92. The van der Waals surface area contributed by atoms with Gasteiger partial charge in [-0.3, -0.25) is 4.79 Å². The topological polar surface area (TPSA) is 84.9 Å². The van der Waals surface area contributed by atoms with Crippen molar-refractivity contribution in [1.29, 1.82) is 0 Å². The Hall–Kier alpha value is -1.80. The summed E-state index contributed by atoms with van der Waals surface area (Å²) >= 11 is 0. The van der Waals surface area contributed by atoms with E-state index >= 15 is 0 Å². The Bertz CT molecular complexity index is 765. The fraction of sp³-hybridized carbons (Fsp3) is 0.632. The average molecular weight is 397 g/mol. The van der Waals surface area contributed by atoms with Crippen LogP contribution in [0.15, 0.2) is 23.1 Å². The Kier molecular flexibility index (Phi) is 6.59. The molecule has 0 bridgehead atoms. The highest BCUT2D eigenvalue weighted by Gasteiger charge is 2.39. The molecule has 1 atom stereocenters. The number of nitrogens with zero attached hydrogens (tertiary/aromatic N) is 1. The van der Waals surface area contributed by atoms with Crippen molar-refractivity contribution in [3.8, 4) is 11.5 Å². The minimum atomic E-state index is -3.77. The molecule has 2 aliphatic heterocycles. The molecule has 1 fully saturated rings. The SMILES string of the molecule is CCCCCCNC(=O)[C@@H]1CCCN1S(=O)(=O)c1ccc2c(c1)OCCO2. The smallest absolute Gasteiger partial charge is 0.243 e.